The van der Waals surface area contributed by atoms with Crippen LogP contribution in [-0.2, 0) is 19.1 Å². The quantitative estimate of drug-likeness (QED) is 0.746. The summed E-state index contributed by atoms with van der Waals surface area (Å²) >= 11 is 0. The monoisotopic (exact) mass is 362 g/mol. The van der Waals surface area contributed by atoms with Crippen LogP contribution < -0.4 is 0 Å². The molecule has 1 heterocycles. The van der Waals surface area contributed by atoms with Crippen LogP contribution in [0.3, 0.4) is 0 Å². The third kappa shape index (κ3) is 3.00. The van der Waals surface area contributed by atoms with E-state index < -0.39 is 12.3 Å². The normalized spacial score (nSPS) is 39.7. The van der Waals surface area contributed by atoms with Crippen LogP contribution in [0.1, 0.15) is 59.3 Å². The van der Waals surface area contributed by atoms with Crippen LogP contribution in [0.5, 0.6) is 0 Å². The summed E-state index contributed by atoms with van der Waals surface area (Å²) < 4.78 is 10.3. The highest BCUT2D eigenvalue weighted by atomic mass is 16.7. The number of cyclic esters (lactones) is 1. The molecule has 0 radical (unpaired) electrons. The lowest BCUT2D eigenvalue weighted by atomic mass is 9.46. The van der Waals surface area contributed by atoms with Gasteiger partial charge in [-0.2, -0.15) is 0 Å². The maximum atomic E-state index is 12.0. The standard InChI is InChI=1S/C21H30O5/c1-13-8-10-21(3)15(18(22)23)6-5-7-16(21)20(13,2)11-9-14-12-17(25-4)26-19(14)24/h6,12-13,16-17H,5,7-11H2,1-4H3,(H,22,23)/t13?,16?,17?,20-,21-/m0/s1. The molecule has 0 aromatic heterocycles. The lowest BCUT2D eigenvalue weighted by molar-refractivity contribution is -0.155. The molecular formula is C21H30O5. The van der Waals surface area contributed by atoms with Crippen molar-refractivity contribution in [2.45, 2.75) is 65.6 Å². The number of carboxylic acid groups (broad SMARTS) is 1. The highest BCUT2D eigenvalue weighted by molar-refractivity contribution is 5.90. The number of aliphatic carboxylic acids is 1. The van der Waals surface area contributed by atoms with Crippen LogP contribution in [0.4, 0.5) is 0 Å². The van der Waals surface area contributed by atoms with Gasteiger partial charge in [0, 0.05) is 23.7 Å². The van der Waals surface area contributed by atoms with E-state index in [-0.39, 0.29) is 16.8 Å². The van der Waals surface area contributed by atoms with Crippen molar-refractivity contribution in [2.75, 3.05) is 7.11 Å². The molecule has 5 heteroatoms. The van der Waals surface area contributed by atoms with Crippen LogP contribution >= 0.6 is 0 Å². The summed E-state index contributed by atoms with van der Waals surface area (Å²) in [5.74, 6) is -0.267. The fourth-order valence-electron chi connectivity index (χ4n) is 5.59. The number of esters is 1. The zero-order valence-corrected chi connectivity index (χ0v) is 16.2. The molecule has 1 N–H and O–H groups in total. The summed E-state index contributed by atoms with van der Waals surface area (Å²) in [7, 11) is 1.52. The van der Waals surface area contributed by atoms with Crippen LogP contribution in [0.25, 0.3) is 0 Å². The first-order valence-corrected chi connectivity index (χ1v) is 9.61. The van der Waals surface area contributed by atoms with Gasteiger partial charge in [0.2, 0.25) is 6.29 Å². The minimum Gasteiger partial charge on any atom is -0.478 e. The lowest BCUT2D eigenvalue weighted by Gasteiger charge is -2.57. The highest BCUT2D eigenvalue weighted by Crippen LogP contribution is 2.62. The van der Waals surface area contributed by atoms with Crippen molar-refractivity contribution in [3.05, 3.63) is 23.3 Å². The summed E-state index contributed by atoms with van der Waals surface area (Å²) in [4.78, 5) is 23.9. The van der Waals surface area contributed by atoms with Crippen LogP contribution in [0, 0.1) is 22.7 Å². The Morgan fingerprint density at radius 3 is 2.73 bits per heavy atom. The van der Waals surface area contributed by atoms with E-state index in [0.717, 1.165) is 32.1 Å². The van der Waals surface area contributed by atoms with Crippen molar-refractivity contribution >= 4 is 11.9 Å². The third-order valence-corrected chi connectivity index (χ3v) is 7.43. The van der Waals surface area contributed by atoms with Crippen molar-refractivity contribution in [1.29, 1.82) is 0 Å². The van der Waals surface area contributed by atoms with Gasteiger partial charge in [-0.1, -0.05) is 26.8 Å². The Morgan fingerprint density at radius 1 is 1.38 bits per heavy atom. The van der Waals surface area contributed by atoms with E-state index in [1.165, 1.54) is 7.11 Å². The molecule has 3 aliphatic rings. The largest absolute Gasteiger partial charge is 0.478 e. The molecule has 0 saturated heterocycles. The number of carbonyl (C=O) groups is 2. The van der Waals surface area contributed by atoms with E-state index in [1.807, 2.05) is 6.08 Å². The average molecular weight is 362 g/mol. The smallest absolute Gasteiger partial charge is 0.336 e. The van der Waals surface area contributed by atoms with Crippen molar-refractivity contribution in [2.24, 2.45) is 22.7 Å². The molecule has 2 aliphatic carbocycles. The average Bonchev–Trinajstić information content (AvgIpc) is 2.96. The van der Waals surface area contributed by atoms with Gasteiger partial charge in [-0.05, 0) is 61.9 Å². The Kier molecular flexibility index (Phi) is 5.04. The van der Waals surface area contributed by atoms with Gasteiger partial charge in [0.1, 0.15) is 0 Å². The van der Waals surface area contributed by atoms with Crippen LogP contribution in [0.2, 0.25) is 0 Å². The van der Waals surface area contributed by atoms with Gasteiger partial charge in [0.15, 0.2) is 0 Å². The lowest BCUT2D eigenvalue weighted by Crippen LogP contribution is -2.51. The van der Waals surface area contributed by atoms with E-state index in [0.29, 0.717) is 29.4 Å². The summed E-state index contributed by atoms with van der Waals surface area (Å²) in [6, 6.07) is 0. The predicted molar refractivity (Wildman–Crippen MR) is 97.3 cm³/mol. The number of methoxy groups -OCH3 is 1. The maximum absolute atomic E-state index is 12.0. The molecule has 3 unspecified atom stereocenters. The SMILES string of the molecule is COC1C=C(CC[C@@]2(C)C(C)CC[C@@]3(C)C(C(=O)O)=CCCC23)C(=O)O1. The summed E-state index contributed by atoms with van der Waals surface area (Å²) in [6.45, 7) is 6.70. The highest BCUT2D eigenvalue weighted by Gasteiger charge is 2.55. The molecule has 0 aromatic carbocycles. The molecule has 1 aliphatic heterocycles. The van der Waals surface area contributed by atoms with E-state index in [1.54, 1.807) is 6.08 Å². The molecule has 1 fully saturated rings. The molecule has 5 nitrogen and oxygen atoms in total. The second kappa shape index (κ2) is 6.84. The molecule has 1 saturated carbocycles. The van der Waals surface area contributed by atoms with Gasteiger partial charge in [0.25, 0.3) is 0 Å². The Bertz CT molecular complexity index is 663. The van der Waals surface area contributed by atoms with Gasteiger partial charge in [0.05, 0.1) is 0 Å². The van der Waals surface area contributed by atoms with E-state index >= 15 is 0 Å². The predicted octanol–water partition coefficient (Wildman–Crippen LogP) is 4.09. The van der Waals surface area contributed by atoms with E-state index in [4.69, 9.17) is 9.47 Å². The Balaban J connectivity index is 1.84. The number of carbonyl (C=O) groups excluding carboxylic acids is 1. The number of carboxylic acids is 1. The molecular weight excluding hydrogens is 332 g/mol. The van der Waals surface area contributed by atoms with Gasteiger partial charge in [-0.3, -0.25) is 0 Å². The first-order chi connectivity index (χ1) is 12.2. The molecule has 0 bridgehead atoms. The van der Waals surface area contributed by atoms with Gasteiger partial charge in [-0.25, -0.2) is 9.59 Å². The fourth-order valence-corrected chi connectivity index (χ4v) is 5.59. The zero-order chi connectivity index (χ0) is 19.1. The van der Waals surface area contributed by atoms with Gasteiger partial charge >= 0.3 is 11.9 Å². The molecule has 0 aromatic rings. The zero-order valence-electron chi connectivity index (χ0n) is 16.2. The first kappa shape index (κ1) is 19.2. The second-order valence-electron chi connectivity index (χ2n) is 8.62. The van der Waals surface area contributed by atoms with Crippen molar-refractivity contribution in [3.8, 4) is 0 Å². The molecule has 5 atom stereocenters. The van der Waals surface area contributed by atoms with Crippen molar-refractivity contribution < 1.29 is 24.2 Å². The number of hydrogen-bond acceptors (Lipinski definition) is 4. The van der Waals surface area contributed by atoms with Crippen LogP contribution in [-0.4, -0.2) is 30.4 Å². The van der Waals surface area contributed by atoms with E-state index in [2.05, 4.69) is 20.8 Å². The Morgan fingerprint density at radius 2 is 2.12 bits per heavy atom. The van der Waals surface area contributed by atoms with Gasteiger partial charge < -0.3 is 14.6 Å². The topological polar surface area (TPSA) is 72.8 Å². The number of allylic oxidation sites excluding steroid dienone is 1. The Hall–Kier alpha value is -1.62. The summed E-state index contributed by atoms with van der Waals surface area (Å²) in [6.07, 6.45) is 8.39. The van der Waals surface area contributed by atoms with Gasteiger partial charge in [-0.15, -0.1) is 0 Å². The third-order valence-electron chi connectivity index (χ3n) is 7.43. The number of hydrogen-bond donors (Lipinski definition) is 1. The molecule has 3 rings (SSSR count). The number of ether oxygens (including phenoxy) is 2. The fraction of sp³-hybridized carbons (Fsp3) is 0.714. The number of rotatable bonds is 5. The van der Waals surface area contributed by atoms with Crippen LogP contribution in [0.15, 0.2) is 23.3 Å². The molecule has 0 amide bonds. The van der Waals surface area contributed by atoms with Crippen molar-refractivity contribution in [1.82, 2.24) is 0 Å². The minimum absolute atomic E-state index is 0.00572. The first-order valence-electron chi connectivity index (χ1n) is 9.61. The minimum atomic E-state index is -0.779. The van der Waals surface area contributed by atoms with E-state index in [9.17, 15) is 14.7 Å². The molecule has 26 heavy (non-hydrogen) atoms. The maximum Gasteiger partial charge on any atom is 0.336 e. The second-order valence-corrected chi connectivity index (χ2v) is 8.62. The number of fused-ring (bicyclic) bond motifs is 1. The summed E-state index contributed by atoms with van der Waals surface area (Å²) in [5.41, 5.74) is 0.979. The molecule has 0 spiro atoms. The summed E-state index contributed by atoms with van der Waals surface area (Å²) in [5, 5.41) is 9.72. The van der Waals surface area contributed by atoms with Crippen molar-refractivity contribution in [3.63, 3.8) is 0 Å². The Labute approximate surface area is 155 Å². The molecule has 144 valence electrons.